The molecule has 9 heteroatoms. The molecule has 140 valence electrons. The molecule has 1 saturated heterocycles. The van der Waals surface area contributed by atoms with E-state index in [2.05, 4.69) is 0 Å². The lowest BCUT2D eigenvalue weighted by Gasteiger charge is -2.13. The molecule has 1 aliphatic rings. The van der Waals surface area contributed by atoms with Crippen LogP contribution < -0.4 is 0 Å². The standard InChI is InChI=1S/C18H13F2NO4S2/c19-12-5-3-10(8-13(12)20)14-6-4-11(25-14)9-15-17(24)21(18(26)27-15)7-1-2-16(22)23/h3-6,8-9H,1-2,7H2,(H,22,23). The van der Waals surface area contributed by atoms with Crippen LogP contribution in [0.25, 0.3) is 17.4 Å². The van der Waals surface area contributed by atoms with Gasteiger partial charge in [-0.3, -0.25) is 14.5 Å². The van der Waals surface area contributed by atoms with Crippen molar-refractivity contribution < 1.29 is 27.9 Å². The van der Waals surface area contributed by atoms with Crippen LogP contribution in [0.4, 0.5) is 8.78 Å². The molecule has 0 aliphatic carbocycles. The number of amides is 1. The van der Waals surface area contributed by atoms with Gasteiger partial charge in [0.25, 0.3) is 5.91 Å². The summed E-state index contributed by atoms with van der Waals surface area (Å²) in [6.45, 7) is 0.229. The van der Waals surface area contributed by atoms with Crippen LogP contribution in [0.1, 0.15) is 18.6 Å². The predicted octanol–water partition coefficient (Wildman–Crippen LogP) is 4.29. The molecule has 0 unspecified atom stereocenters. The highest BCUT2D eigenvalue weighted by molar-refractivity contribution is 8.26. The van der Waals surface area contributed by atoms with Gasteiger partial charge in [-0.2, -0.15) is 0 Å². The van der Waals surface area contributed by atoms with E-state index in [0.29, 0.717) is 32.7 Å². The normalized spacial score (nSPS) is 15.8. The van der Waals surface area contributed by atoms with Gasteiger partial charge < -0.3 is 9.52 Å². The van der Waals surface area contributed by atoms with Crippen LogP contribution in [0.2, 0.25) is 0 Å². The Kier molecular flexibility index (Phi) is 5.71. The summed E-state index contributed by atoms with van der Waals surface area (Å²) in [5.74, 6) is -2.49. The highest BCUT2D eigenvalue weighted by Gasteiger charge is 2.31. The van der Waals surface area contributed by atoms with Gasteiger partial charge in [-0.1, -0.05) is 24.0 Å². The van der Waals surface area contributed by atoms with Gasteiger partial charge in [0.05, 0.1) is 4.91 Å². The zero-order valence-corrected chi connectivity index (χ0v) is 15.4. The Balaban J connectivity index is 1.74. The van der Waals surface area contributed by atoms with Gasteiger partial charge in [0.1, 0.15) is 15.8 Å². The van der Waals surface area contributed by atoms with Crippen LogP contribution in [0.5, 0.6) is 0 Å². The lowest BCUT2D eigenvalue weighted by molar-refractivity contribution is -0.137. The molecule has 0 atom stereocenters. The largest absolute Gasteiger partial charge is 0.481 e. The second-order valence-corrected chi connectivity index (χ2v) is 7.34. The van der Waals surface area contributed by atoms with Crippen molar-refractivity contribution in [3.8, 4) is 11.3 Å². The average Bonchev–Trinajstić information content (AvgIpc) is 3.17. The molecule has 1 aromatic carbocycles. The first-order valence-electron chi connectivity index (χ1n) is 7.87. The van der Waals surface area contributed by atoms with Gasteiger partial charge in [0.15, 0.2) is 11.6 Å². The summed E-state index contributed by atoms with van der Waals surface area (Å²) >= 11 is 6.27. The average molecular weight is 409 g/mol. The number of benzene rings is 1. The fourth-order valence-electron chi connectivity index (χ4n) is 2.45. The monoisotopic (exact) mass is 409 g/mol. The van der Waals surface area contributed by atoms with Gasteiger partial charge in [-0.15, -0.1) is 0 Å². The van der Waals surface area contributed by atoms with Crippen molar-refractivity contribution in [3.63, 3.8) is 0 Å². The van der Waals surface area contributed by atoms with Crippen molar-refractivity contribution in [2.75, 3.05) is 6.54 Å². The third-order valence-corrected chi connectivity index (χ3v) is 5.13. The van der Waals surface area contributed by atoms with Gasteiger partial charge in [-0.05, 0) is 36.8 Å². The minimum absolute atomic E-state index is 0.0497. The smallest absolute Gasteiger partial charge is 0.303 e. The van der Waals surface area contributed by atoms with Gasteiger partial charge in [-0.25, -0.2) is 8.78 Å². The molecular weight excluding hydrogens is 396 g/mol. The maximum Gasteiger partial charge on any atom is 0.303 e. The van der Waals surface area contributed by atoms with Crippen molar-refractivity contribution in [2.45, 2.75) is 12.8 Å². The van der Waals surface area contributed by atoms with E-state index in [9.17, 15) is 18.4 Å². The number of aliphatic carboxylic acids is 1. The number of rotatable bonds is 6. The zero-order chi connectivity index (χ0) is 19.6. The molecule has 0 saturated carbocycles. The minimum atomic E-state index is -0.979. The fraction of sp³-hybridized carbons (Fsp3) is 0.167. The highest BCUT2D eigenvalue weighted by atomic mass is 32.2. The van der Waals surface area contributed by atoms with Crippen LogP contribution in [0.3, 0.4) is 0 Å². The molecule has 1 N–H and O–H groups in total. The number of carbonyl (C=O) groups excluding carboxylic acids is 1. The lowest BCUT2D eigenvalue weighted by Crippen LogP contribution is -2.29. The van der Waals surface area contributed by atoms with Gasteiger partial charge in [0.2, 0.25) is 0 Å². The molecule has 27 heavy (non-hydrogen) atoms. The zero-order valence-electron chi connectivity index (χ0n) is 13.8. The van der Waals surface area contributed by atoms with Crippen molar-refractivity contribution >= 4 is 46.3 Å². The fourth-order valence-corrected chi connectivity index (χ4v) is 3.73. The molecule has 0 bridgehead atoms. The second-order valence-electron chi connectivity index (χ2n) is 5.66. The summed E-state index contributed by atoms with van der Waals surface area (Å²) in [6.07, 6.45) is 1.77. The van der Waals surface area contributed by atoms with E-state index in [-0.39, 0.29) is 18.9 Å². The molecule has 1 aromatic heterocycles. The van der Waals surface area contributed by atoms with E-state index in [0.717, 1.165) is 23.9 Å². The van der Waals surface area contributed by atoms with E-state index in [1.807, 2.05) is 0 Å². The van der Waals surface area contributed by atoms with Gasteiger partial charge in [0, 0.05) is 24.6 Å². The SMILES string of the molecule is O=C(O)CCCN1C(=O)C(=Cc2ccc(-c3ccc(F)c(F)c3)o2)SC1=S. The van der Waals surface area contributed by atoms with E-state index in [1.54, 1.807) is 12.1 Å². The summed E-state index contributed by atoms with van der Waals surface area (Å²) in [5.41, 5.74) is 0.370. The number of carboxylic acids is 1. The van der Waals surface area contributed by atoms with Crippen LogP contribution >= 0.6 is 24.0 Å². The van der Waals surface area contributed by atoms with E-state index >= 15 is 0 Å². The van der Waals surface area contributed by atoms with E-state index < -0.39 is 17.6 Å². The van der Waals surface area contributed by atoms with Crippen LogP contribution in [-0.4, -0.2) is 32.7 Å². The number of thioether (sulfide) groups is 1. The van der Waals surface area contributed by atoms with Crippen molar-refractivity contribution in [1.29, 1.82) is 0 Å². The molecule has 5 nitrogen and oxygen atoms in total. The quantitative estimate of drug-likeness (QED) is 0.567. The van der Waals surface area contributed by atoms with Crippen LogP contribution in [0.15, 0.2) is 39.7 Å². The first-order valence-corrected chi connectivity index (χ1v) is 9.10. The van der Waals surface area contributed by atoms with Crippen molar-refractivity contribution in [1.82, 2.24) is 4.90 Å². The third kappa shape index (κ3) is 4.42. The Morgan fingerprint density at radius 1 is 1.26 bits per heavy atom. The number of hydrogen-bond donors (Lipinski definition) is 1. The maximum absolute atomic E-state index is 13.4. The molecule has 1 fully saturated rings. The molecule has 2 heterocycles. The Bertz CT molecular complexity index is 955. The summed E-state index contributed by atoms with van der Waals surface area (Å²) < 4.78 is 32.3. The summed E-state index contributed by atoms with van der Waals surface area (Å²) in [4.78, 5) is 24.7. The number of carboxylic acid groups (broad SMARTS) is 1. The van der Waals surface area contributed by atoms with Crippen LogP contribution in [0, 0.1) is 11.6 Å². The molecule has 1 aliphatic heterocycles. The Hall–Kier alpha value is -2.52. The first kappa shape index (κ1) is 19.2. The summed E-state index contributed by atoms with van der Waals surface area (Å²) in [6, 6.07) is 6.62. The number of nitrogens with zero attached hydrogens (tertiary/aromatic N) is 1. The van der Waals surface area contributed by atoms with Crippen molar-refractivity contribution in [2.24, 2.45) is 0 Å². The van der Waals surface area contributed by atoms with Crippen LogP contribution in [-0.2, 0) is 9.59 Å². The number of hydrogen-bond acceptors (Lipinski definition) is 5. The molecular formula is C18H13F2NO4S2. The Morgan fingerprint density at radius 2 is 2.04 bits per heavy atom. The molecule has 0 spiro atoms. The second kappa shape index (κ2) is 8.01. The lowest BCUT2D eigenvalue weighted by atomic mass is 10.1. The van der Waals surface area contributed by atoms with Gasteiger partial charge >= 0.3 is 5.97 Å². The number of carbonyl (C=O) groups is 2. The molecule has 3 rings (SSSR count). The first-order chi connectivity index (χ1) is 12.8. The number of thiocarbonyl (C=S) groups is 1. The number of halogens is 2. The number of furan rings is 1. The van der Waals surface area contributed by atoms with E-state index in [1.165, 1.54) is 17.0 Å². The Labute approximate surface area is 162 Å². The molecule has 1 amide bonds. The molecule has 2 aromatic rings. The summed E-state index contributed by atoms with van der Waals surface area (Å²) in [5, 5.41) is 8.69. The Morgan fingerprint density at radius 3 is 2.74 bits per heavy atom. The molecule has 0 radical (unpaired) electrons. The van der Waals surface area contributed by atoms with E-state index in [4.69, 9.17) is 21.7 Å². The van der Waals surface area contributed by atoms with Crippen molar-refractivity contribution in [3.05, 3.63) is 52.6 Å². The maximum atomic E-state index is 13.4. The predicted molar refractivity (Wildman–Crippen MR) is 101 cm³/mol. The highest BCUT2D eigenvalue weighted by Crippen LogP contribution is 2.34. The summed E-state index contributed by atoms with van der Waals surface area (Å²) in [7, 11) is 0. The topological polar surface area (TPSA) is 70.8 Å². The third-order valence-electron chi connectivity index (χ3n) is 3.75. The minimum Gasteiger partial charge on any atom is -0.481 e.